The Morgan fingerprint density at radius 1 is 1.13 bits per heavy atom. The molecule has 1 unspecified atom stereocenters. The average molecular weight is 319 g/mol. The Bertz CT molecular complexity index is 472. The molecule has 23 heavy (non-hydrogen) atoms. The van der Waals surface area contributed by atoms with Gasteiger partial charge in [0.2, 0.25) is 0 Å². The third-order valence-corrected chi connectivity index (χ3v) is 4.64. The standard InChI is InChI=1S/C17H29N5O/c1-15(13-21-5-3-2-4-6-21)12-18-16-11-17(20-14-19-16)22-7-9-23-10-8-22/h11,14-15H,2-10,12-13H2,1H3,(H,18,19,20). The second-order valence-electron chi connectivity index (χ2n) is 6.71. The smallest absolute Gasteiger partial charge is 0.134 e. The number of hydrogen-bond donors (Lipinski definition) is 1. The number of piperidine rings is 1. The minimum atomic E-state index is 0.620. The summed E-state index contributed by atoms with van der Waals surface area (Å²) in [4.78, 5) is 13.6. The van der Waals surface area contributed by atoms with Gasteiger partial charge in [0.15, 0.2) is 0 Å². The van der Waals surface area contributed by atoms with Gasteiger partial charge in [-0.25, -0.2) is 9.97 Å². The summed E-state index contributed by atoms with van der Waals surface area (Å²) in [7, 11) is 0. The van der Waals surface area contributed by atoms with Gasteiger partial charge in [-0.15, -0.1) is 0 Å². The van der Waals surface area contributed by atoms with Crippen LogP contribution in [0, 0.1) is 5.92 Å². The summed E-state index contributed by atoms with van der Waals surface area (Å²) < 4.78 is 5.40. The Balaban J connectivity index is 1.47. The van der Waals surface area contributed by atoms with Crippen LogP contribution in [-0.4, -0.2) is 67.4 Å². The van der Waals surface area contributed by atoms with Gasteiger partial charge in [0.05, 0.1) is 13.2 Å². The van der Waals surface area contributed by atoms with E-state index in [1.54, 1.807) is 6.33 Å². The molecule has 1 N–H and O–H groups in total. The lowest BCUT2D eigenvalue weighted by Crippen LogP contribution is -2.37. The Hall–Kier alpha value is -1.40. The third kappa shape index (κ3) is 5.04. The lowest BCUT2D eigenvalue weighted by Gasteiger charge is -2.29. The van der Waals surface area contributed by atoms with Crippen molar-refractivity contribution in [1.82, 2.24) is 14.9 Å². The predicted octanol–water partition coefficient (Wildman–Crippen LogP) is 1.85. The summed E-state index contributed by atoms with van der Waals surface area (Å²) in [5.41, 5.74) is 0. The van der Waals surface area contributed by atoms with Gasteiger partial charge >= 0.3 is 0 Å². The van der Waals surface area contributed by atoms with Gasteiger partial charge in [-0.3, -0.25) is 0 Å². The van der Waals surface area contributed by atoms with E-state index in [2.05, 4.69) is 38.1 Å². The van der Waals surface area contributed by atoms with E-state index in [-0.39, 0.29) is 0 Å². The molecule has 6 heteroatoms. The van der Waals surface area contributed by atoms with Gasteiger partial charge in [-0.2, -0.15) is 0 Å². The second-order valence-corrected chi connectivity index (χ2v) is 6.71. The molecule has 0 radical (unpaired) electrons. The van der Waals surface area contributed by atoms with Gasteiger partial charge in [-0.05, 0) is 31.8 Å². The van der Waals surface area contributed by atoms with Crippen molar-refractivity contribution in [3.8, 4) is 0 Å². The molecule has 0 aliphatic carbocycles. The maximum atomic E-state index is 5.40. The largest absolute Gasteiger partial charge is 0.378 e. The summed E-state index contributed by atoms with van der Waals surface area (Å²) in [5, 5.41) is 3.48. The zero-order valence-corrected chi connectivity index (χ0v) is 14.2. The van der Waals surface area contributed by atoms with Crippen LogP contribution in [0.4, 0.5) is 11.6 Å². The van der Waals surface area contributed by atoms with Crippen LogP contribution in [0.2, 0.25) is 0 Å². The molecule has 0 saturated carbocycles. The lowest BCUT2D eigenvalue weighted by atomic mass is 10.1. The molecule has 3 rings (SSSR count). The van der Waals surface area contributed by atoms with E-state index in [1.807, 2.05) is 0 Å². The number of ether oxygens (including phenoxy) is 1. The summed E-state index contributed by atoms with van der Waals surface area (Å²) in [5.74, 6) is 2.54. The van der Waals surface area contributed by atoms with E-state index < -0.39 is 0 Å². The van der Waals surface area contributed by atoms with E-state index in [9.17, 15) is 0 Å². The van der Waals surface area contributed by atoms with E-state index >= 15 is 0 Å². The van der Waals surface area contributed by atoms with Crippen molar-refractivity contribution < 1.29 is 4.74 Å². The average Bonchev–Trinajstić information content (AvgIpc) is 2.62. The summed E-state index contributed by atoms with van der Waals surface area (Å²) >= 11 is 0. The van der Waals surface area contributed by atoms with Crippen molar-refractivity contribution in [2.24, 2.45) is 5.92 Å². The fourth-order valence-corrected chi connectivity index (χ4v) is 3.34. The van der Waals surface area contributed by atoms with Crippen molar-refractivity contribution in [2.75, 3.05) is 62.7 Å². The monoisotopic (exact) mass is 319 g/mol. The highest BCUT2D eigenvalue weighted by atomic mass is 16.5. The molecule has 1 aromatic rings. The molecule has 2 aliphatic heterocycles. The first-order chi connectivity index (χ1) is 11.3. The molecule has 0 amide bonds. The second kappa shape index (κ2) is 8.45. The van der Waals surface area contributed by atoms with Gasteiger partial charge in [0, 0.05) is 32.2 Å². The molecular formula is C17H29N5O. The quantitative estimate of drug-likeness (QED) is 0.863. The molecule has 0 aromatic carbocycles. The highest BCUT2D eigenvalue weighted by molar-refractivity contribution is 5.48. The number of likely N-dealkylation sites (tertiary alicyclic amines) is 1. The molecule has 128 valence electrons. The van der Waals surface area contributed by atoms with Crippen LogP contribution >= 0.6 is 0 Å². The molecule has 2 saturated heterocycles. The number of hydrogen-bond acceptors (Lipinski definition) is 6. The first-order valence-corrected chi connectivity index (χ1v) is 8.92. The topological polar surface area (TPSA) is 53.5 Å². The normalized spacial score (nSPS) is 21.2. The van der Waals surface area contributed by atoms with E-state index in [1.165, 1.54) is 38.9 Å². The lowest BCUT2D eigenvalue weighted by molar-refractivity contribution is 0.122. The predicted molar refractivity (Wildman–Crippen MR) is 93.0 cm³/mol. The molecule has 1 aromatic heterocycles. The van der Waals surface area contributed by atoms with E-state index in [4.69, 9.17) is 4.74 Å². The molecule has 2 fully saturated rings. The van der Waals surface area contributed by atoms with Crippen LogP contribution in [0.15, 0.2) is 12.4 Å². The highest BCUT2D eigenvalue weighted by Gasteiger charge is 2.15. The summed E-state index contributed by atoms with van der Waals surface area (Å²) in [6.07, 6.45) is 5.76. The van der Waals surface area contributed by atoms with Crippen molar-refractivity contribution in [1.29, 1.82) is 0 Å². The number of rotatable bonds is 6. The Morgan fingerprint density at radius 3 is 2.70 bits per heavy atom. The van der Waals surface area contributed by atoms with Crippen LogP contribution in [-0.2, 0) is 4.74 Å². The maximum absolute atomic E-state index is 5.40. The fraction of sp³-hybridized carbons (Fsp3) is 0.765. The van der Waals surface area contributed by atoms with Crippen molar-refractivity contribution in [3.05, 3.63) is 12.4 Å². The number of morpholine rings is 1. The zero-order chi connectivity index (χ0) is 15.9. The highest BCUT2D eigenvalue weighted by Crippen LogP contribution is 2.16. The van der Waals surface area contributed by atoms with Gasteiger partial charge in [0.1, 0.15) is 18.0 Å². The molecular weight excluding hydrogens is 290 g/mol. The molecule has 1 atom stereocenters. The Labute approximate surface area is 139 Å². The molecule has 3 heterocycles. The van der Waals surface area contributed by atoms with Gasteiger partial charge in [-0.1, -0.05) is 13.3 Å². The fourth-order valence-electron chi connectivity index (χ4n) is 3.34. The molecule has 0 spiro atoms. The van der Waals surface area contributed by atoms with Crippen molar-refractivity contribution in [3.63, 3.8) is 0 Å². The van der Waals surface area contributed by atoms with E-state index in [0.717, 1.165) is 44.5 Å². The Morgan fingerprint density at radius 2 is 1.91 bits per heavy atom. The SMILES string of the molecule is CC(CNc1cc(N2CCOCC2)ncn1)CN1CCCCC1. The summed E-state index contributed by atoms with van der Waals surface area (Å²) in [6.45, 7) is 10.3. The van der Waals surface area contributed by atoms with Gasteiger partial charge in [0.25, 0.3) is 0 Å². The number of nitrogens with one attached hydrogen (secondary N) is 1. The molecule has 2 aliphatic rings. The van der Waals surface area contributed by atoms with Crippen molar-refractivity contribution in [2.45, 2.75) is 26.2 Å². The zero-order valence-electron chi connectivity index (χ0n) is 14.2. The number of nitrogens with zero attached hydrogens (tertiary/aromatic N) is 4. The number of aromatic nitrogens is 2. The van der Waals surface area contributed by atoms with Crippen LogP contribution in [0.3, 0.4) is 0 Å². The van der Waals surface area contributed by atoms with Gasteiger partial charge < -0.3 is 19.9 Å². The minimum absolute atomic E-state index is 0.620. The first-order valence-electron chi connectivity index (χ1n) is 8.92. The third-order valence-electron chi connectivity index (χ3n) is 4.64. The van der Waals surface area contributed by atoms with Crippen LogP contribution < -0.4 is 10.2 Å². The minimum Gasteiger partial charge on any atom is -0.378 e. The maximum Gasteiger partial charge on any atom is 0.134 e. The first kappa shape index (κ1) is 16.5. The van der Waals surface area contributed by atoms with Crippen LogP contribution in [0.5, 0.6) is 0 Å². The van der Waals surface area contributed by atoms with E-state index in [0.29, 0.717) is 5.92 Å². The van der Waals surface area contributed by atoms with Crippen molar-refractivity contribution >= 4 is 11.6 Å². The van der Waals surface area contributed by atoms with Crippen LogP contribution in [0.25, 0.3) is 0 Å². The Kier molecular flexibility index (Phi) is 6.05. The molecule has 6 nitrogen and oxygen atoms in total. The summed E-state index contributed by atoms with van der Waals surface area (Å²) in [6, 6.07) is 2.05. The number of anilines is 2. The van der Waals surface area contributed by atoms with Crippen LogP contribution in [0.1, 0.15) is 26.2 Å². The molecule has 0 bridgehead atoms.